The molecule has 3 N–H and O–H groups in total. The molecule has 2 aromatic rings. The van der Waals surface area contributed by atoms with Gasteiger partial charge in [-0.25, -0.2) is 23.3 Å². The third-order valence-electron chi connectivity index (χ3n) is 2.89. The van der Waals surface area contributed by atoms with E-state index in [1.807, 2.05) is 5.32 Å². The first kappa shape index (κ1) is 15.4. The predicted molar refractivity (Wildman–Crippen MR) is 76.9 cm³/mol. The molecule has 0 saturated carbocycles. The predicted octanol–water partition coefficient (Wildman–Crippen LogP) is 3.08. The molecule has 0 saturated heterocycles. The molecule has 4 amide bonds. The van der Waals surface area contributed by atoms with Crippen molar-refractivity contribution in [2.75, 3.05) is 5.32 Å². The Bertz CT molecular complexity index is 672. The van der Waals surface area contributed by atoms with Gasteiger partial charge in [-0.2, -0.15) is 0 Å². The first-order valence-electron chi connectivity index (χ1n) is 6.35. The van der Waals surface area contributed by atoms with Gasteiger partial charge >= 0.3 is 12.1 Å². The van der Waals surface area contributed by atoms with E-state index in [0.717, 1.165) is 18.2 Å². The lowest BCUT2D eigenvalue weighted by molar-refractivity contribution is 0.197. The van der Waals surface area contributed by atoms with Crippen molar-refractivity contribution in [1.82, 2.24) is 4.90 Å². The number of rotatable bonds is 3. The minimum Gasteiger partial charge on any atom is -0.351 e. The molecule has 5 nitrogen and oxygen atoms in total. The lowest BCUT2D eigenvalue weighted by atomic mass is 10.2. The first-order chi connectivity index (χ1) is 10.5. The molecule has 22 heavy (non-hydrogen) atoms. The number of imide groups is 1. The Kier molecular flexibility index (Phi) is 4.67. The van der Waals surface area contributed by atoms with Crippen LogP contribution in [0, 0.1) is 11.6 Å². The van der Waals surface area contributed by atoms with Gasteiger partial charge in [-0.05, 0) is 17.7 Å². The Morgan fingerprint density at radius 1 is 1.00 bits per heavy atom. The normalized spacial score (nSPS) is 10.1. The zero-order chi connectivity index (χ0) is 16.1. The van der Waals surface area contributed by atoms with Crippen LogP contribution in [0.1, 0.15) is 5.56 Å². The number of nitrogens with two attached hydrogens (primary N) is 1. The number of benzene rings is 2. The van der Waals surface area contributed by atoms with Gasteiger partial charge in [0, 0.05) is 0 Å². The molecule has 0 aliphatic heterocycles. The lowest BCUT2D eigenvalue weighted by Crippen LogP contribution is -2.42. The van der Waals surface area contributed by atoms with E-state index in [0.29, 0.717) is 10.5 Å². The van der Waals surface area contributed by atoms with Crippen LogP contribution in [0.4, 0.5) is 24.1 Å². The smallest absolute Gasteiger partial charge is 0.330 e. The number of carbonyl (C=O) groups is 2. The molecule has 0 aromatic heterocycles. The van der Waals surface area contributed by atoms with E-state index in [2.05, 4.69) is 0 Å². The minimum atomic E-state index is -1.03. The average Bonchev–Trinajstić information content (AvgIpc) is 2.49. The summed E-state index contributed by atoms with van der Waals surface area (Å²) < 4.78 is 27.0. The molecule has 0 spiro atoms. The number of carbonyl (C=O) groups excluding carboxylic acids is 2. The summed E-state index contributed by atoms with van der Waals surface area (Å²) in [6, 6.07) is 9.70. The van der Waals surface area contributed by atoms with Crippen molar-refractivity contribution in [1.29, 1.82) is 0 Å². The van der Waals surface area contributed by atoms with Crippen LogP contribution in [0.2, 0.25) is 0 Å². The summed E-state index contributed by atoms with van der Waals surface area (Å²) >= 11 is 0. The van der Waals surface area contributed by atoms with Gasteiger partial charge in [0.25, 0.3) is 0 Å². The van der Waals surface area contributed by atoms with Gasteiger partial charge in [0.15, 0.2) is 0 Å². The van der Waals surface area contributed by atoms with Crippen LogP contribution in [0.25, 0.3) is 0 Å². The highest BCUT2D eigenvalue weighted by molar-refractivity contribution is 6.00. The number of para-hydroxylation sites is 1. The molecule has 2 aromatic carbocycles. The molecule has 0 atom stereocenters. The Balaban J connectivity index is 2.19. The summed E-state index contributed by atoms with van der Waals surface area (Å²) in [6.07, 6.45) is 0. The number of halogens is 2. The van der Waals surface area contributed by atoms with Gasteiger partial charge in [0.1, 0.15) is 17.3 Å². The molecule has 0 aliphatic carbocycles. The number of hydrogen-bond acceptors (Lipinski definition) is 2. The monoisotopic (exact) mass is 305 g/mol. The maximum Gasteiger partial charge on any atom is 0.330 e. The maximum absolute atomic E-state index is 13.5. The second-order valence-electron chi connectivity index (χ2n) is 4.44. The summed E-state index contributed by atoms with van der Waals surface area (Å²) in [5.41, 5.74) is 5.17. The SMILES string of the molecule is NC(=O)N(Cc1ccccc1)C(=O)Nc1c(F)cccc1F. The van der Waals surface area contributed by atoms with Crippen molar-refractivity contribution in [3.05, 3.63) is 65.7 Å². The number of hydrogen-bond donors (Lipinski definition) is 2. The maximum atomic E-state index is 13.5. The van der Waals surface area contributed by atoms with Gasteiger partial charge in [0.05, 0.1) is 6.54 Å². The molecule has 0 heterocycles. The topological polar surface area (TPSA) is 75.4 Å². The highest BCUT2D eigenvalue weighted by atomic mass is 19.1. The van der Waals surface area contributed by atoms with Crippen molar-refractivity contribution in [3.8, 4) is 0 Å². The van der Waals surface area contributed by atoms with Gasteiger partial charge in [-0.3, -0.25) is 0 Å². The summed E-state index contributed by atoms with van der Waals surface area (Å²) in [6.45, 7) is -0.113. The Labute approximate surface area is 125 Å². The summed E-state index contributed by atoms with van der Waals surface area (Å²) in [4.78, 5) is 24.1. The van der Waals surface area contributed by atoms with E-state index in [1.165, 1.54) is 0 Å². The third-order valence-corrected chi connectivity index (χ3v) is 2.89. The first-order valence-corrected chi connectivity index (χ1v) is 6.35. The van der Waals surface area contributed by atoms with Gasteiger partial charge < -0.3 is 11.1 Å². The fourth-order valence-corrected chi connectivity index (χ4v) is 1.81. The van der Waals surface area contributed by atoms with Crippen molar-refractivity contribution in [2.24, 2.45) is 5.73 Å². The summed E-state index contributed by atoms with van der Waals surface area (Å²) in [5.74, 6) is -1.89. The molecule has 2 rings (SSSR count). The zero-order valence-corrected chi connectivity index (χ0v) is 11.4. The number of nitrogens with one attached hydrogen (secondary N) is 1. The molecule has 0 bridgehead atoms. The van der Waals surface area contributed by atoms with Gasteiger partial charge in [0.2, 0.25) is 0 Å². The Hall–Kier alpha value is -2.96. The number of nitrogens with zero attached hydrogens (tertiary/aromatic N) is 1. The van der Waals surface area contributed by atoms with E-state index in [-0.39, 0.29) is 6.54 Å². The zero-order valence-electron chi connectivity index (χ0n) is 11.4. The Morgan fingerprint density at radius 3 is 2.14 bits per heavy atom. The highest BCUT2D eigenvalue weighted by Crippen LogP contribution is 2.19. The van der Waals surface area contributed by atoms with Crippen LogP contribution in [-0.4, -0.2) is 17.0 Å². The van der Waals surface area contributed by atoms with E-state index >= 15 is 0 Å². The molecule has 0 fully saturated rings. The van der Waals surface area contributed by atoms with Crippen LogP contribution < -0.4 is 11.1 Å². The Morgan fingerprint density at radius 2 is 1.59 bits per heavy atom. The largest absolute Gasteiger partial charge is 0.351 e. The van der Waals surface area contributed by atoms with Crippen LogP contribution in [-0.2, 0) is 6.54 Å². The van der Waals surface area contributed by atoms with Crippen LogP contribution in [0.15, 0.2) is 48.5 Å². The number of urea groups is 2. The molecular formula is C15H13F2N3O2. The number of primary amides is 1. The fraction of sp³-hybridized carbons (Fsp3) is 0.0667. The summed E-state index contributed by atoms with van der Waals surface area (Å²) in [7, 11) is 0. The summed E-state index contributed by atoms with van der Waals surface area (Å²) in [5, 5.41) is 2.02. The van der Waals surface area contributed by atoms with E-state index < -0.39 is 29.4 Å². The second-order valence-corrected chi connectivity index (χ2v) is 4.44. The van der Waals surface area contributed by atoms with E-state index in [4.69, 9.17) is 5.73 Å². The highest BCUT2D eigenvalue weighted by Gasteiger charge is 2.21. The van der Waals surface area contributed by atoms with Gasteiger partial charge in [-0.15, -0.1) is 0 Å². The molecule has 0 unspecified atom stereocenters. The average molecular weight is 305 g/mol. The van der Waals surface area contributed by atoms with Crippen molar-refractivity contribution in [3.63, 3.8) is 0 Å². The molecule has 7 heteroatoms. The van der Waals surface area contributed by atoms with Crippen molar-refractivity contribution in [2.45, 2.75) is 6.54 Å². The molecule has 0 aliphatic rings. The van der Waals surface area contributed by atoms with E-state index in [9.17, 15) is 18.4 Å². The van der Waals surface area contributed by atoms with Crippen molar-refractivity contribution >= 4 is 17.7 Å². The van der Waals surface area contributed by atoms with Gasteiger partial charge in [-0.1, -0.05) is 36.4 Å². The van der Waals surface area contributed by atoms with E-state index in [1.54, 1.807) is 30.3 Å². The number of amides is 4. The number of anilines is 1. The fourth-order valence-electron chi connectivity index (χ4n) is 1.81. The lowest BCUT2D eigenvalue weighted by Gasteiger charge is -2.19. The molecule has 0 radical (unpaired) electrons. The third kappa shape index (κ3) is 3.57. The molecule has 114 valence electrons. The van der Waals surface area contributed by atoms with Crippen LogP contribution in [0.3, 0.4) is 0 Å². The quantitative estimate of drug-likeness (QED) is 0.914. The second kappa shape index (κ2) is 6.66. The van der Waals surface area contributed by atoms with Crippen LogP contribution in [0.5, 0.6) is 0 Å². The minimum absolute atomic E-state index is 0.113. The van der Waals surface area contributed by atoms with Crippen LogP contribution >= 0.6 is 0 Å². The van der Waals surface area contributed by atoms with Crippen molar-refractivity contribution < 1.29 is 18.4 Å². The molecular weight excluding hydrogens is 292 g/mol. The standard InChI is InChI=1S/C15H13F2N3O2/c16-11-7-4-8-12(17)13(11)19-15(22)20(14(18)21)9-10-5-2-1-3-6-10/h1-8H,9H2,(H2,18,21)(H,19,22).